The Hall–Kier alpha value is -2.64. The van der Waals surface area contributed by atoms with Crippen molar-refractivity contribution in [3.8, 4) is 0 Å². The molecule has 0 atom stereocenters. The van der Waals surface area contributed by atoms with E-state index >= 15 is 0 Å². The minimum absolute atomic E-state index is 0.531. The number of hydrogen-bond acceptors (Lipinski definition) is 3. The summed E-state index contributed by atoms with van der Waals surface area (Å²) in [6.45, 7) is 0. The normalized spacial score (nSPS) is 11.6. The van der Waals surface area contributed by atoms with Crippen LogP contribution in [0.15, 0.2) is 71.2 Å². The van der Waals surface area contributed by atoms with E-state index in [1.165, 1.54) is 0 Å². The number of benzene rings is 3. The summed E-state index contributed by atoms with van der Waals surface area (Å²) in [7, 11) is -3.29. The zero-order valence-corrected chi connectivity index (χ0v) is 16.9. The first kappa shape index (κ1) is 17.8. The number of anilines is 3. The molecule has 27 heavy (non-hydrogen) atoms. The predicted octanol–water partition coefficient (Wildman–Crippen LogP) is 4.68. The van der Waals surface area contributed by atoms with Crippen molar-refractivity contribution in [1.82, 2.24) is 0 Å². The van der Waals surface area contributed by atoms with Crippen LogP contribution < -0.4 is 15.0 Å². The molecule has 0 amide bonds. The predicted molar refractivity (Wildman–Crippen MR) is 114 cm³/mol. The lowest BCUT2D eigenvalue weighted by Gasteiger charge is -2.12. The van der Waals surface area contributed by atoms with Crippen molar-refractivity contribution in [2.24, 2.45) is 0 Å². The van der Waals surface area contributed by atoms with Gasteiger partial charge in [-0.1, -0.05) is 28.1 Å². The number of H-pyrrole nitrogens is 1. The van der Waals surface area contributed by atoms with E-state index in [1.807, 2.05) is 42.5 Å². The van der Waals surface area contributed by atoms with Gasteiger partial charge in [-0.2, -0.15) is 0 Å². The molecule has 3 N–H and O–H groups in total. The number of pyridine rings is 1. The fourth-order valence-electron chi connectivity index (χ4n) is 3.05. The van der Waals surface area contributed by atoms with E-state index in [0.717, 1.165) is 43.9 Å². The van der Waals surface area contributed by atoms with Crippen LogP contribution in [-0.2, 0) is 10.0 Å². The van der Waals surface area contributed by atoms with Gasteiger partial charge in [-0.05, 0) is 42.5 Å². The molecule has 4 rings (SSSR count). The third kappa shape index (κ3) is 3.89. The Balaban J connectivity index is 1.80. The largest absolute Gasteiger partial charge is 0.354 e. The van der Waals surface area contributed by atoms with Crippen LogP contribution in [0.5, 0.6) is 0 Å². The van der Waals surface area contributed by atoms with E-state index in [4.69, 9.17) is 0 Å². The number of aromatic amines is 1. The maximum atomic E-state index is 11.4. The Morgan fingerprint density at radius 3 is 2.26 bits per heavy atom. The highest BCUT2D eigenvalue weighted by Gasteiger charge is 2.14. The molecule has 0 unspecified atom stereocenters. The second-order valence-electron chi connectivity index (χ2n) is 6.31. The number of para-hydroxylation sites is 1. The van der Waals surface area contributed by atoms with Crippen molar-refractivity contribution in [3.63, 3.8) is 0 Å². The number of hydrogen-bond donors (Lipinski definition) is 2. The van der Waals surface area contributed by atoms with Crippen LogP contribution in [0, 0.1) is 0 Å². The molecule has 5 nitrogen and oxygen atoms in total. The summed E-state index contributed by atoms with van der Waals surface area (Å²) in [4.78, 5) is 3.46. The molecule has 0 aliphatic rings. The SMILES string of the molecule is CS(=O)(=O)Nc1ccc(Nc2c3ccccc3[nH+]c3cc(Br)ccc23)cc1. The summed E-state index contributed by atoms with van der Waals surface area (Å²) in [5.74, 6) is 0. The Labute approximate surface area is 165 Å². The van der Waals surface area contributed by atoms with Crippen molar-refractivity contribution < 1.29 is 13.4 Å². The van der Waals surface area contributed by atoms with E-state index < -0.39 is 10.0 Å². The molecule has 3 aromatic carbocycles. The molecule has 0 bridgehead atoms. The number of fused-ring (bicyclic) bond motifs is 2. The topological polar surface area (TPSA) is 72.3 Å². The van der Waals surface area contributed by atoms with Crippen LogP contribution in [0.4, 0.5) is 17.1 Å². The first-order valence-electron chi connectivity index (χ1n) is 8.27. The van der Waals surface area contributed by atoms with Crippen molar-refractivity contribution in [2.75, 3.05) is 16.3 Å². The maximum Gasteiger partial charge on any atom is 0.229 e. The van der Waals surface area contributed by atoms with Gasteiger partial charge in [0.15, 0.2) is 0 Å². The number of aromatic nitrogens is 1. The lowest BCUT2D eigenvalue weighted by atomic mass is 10.1. The molecule has 0 saturated carbocycles. The fraction of sp³-hybridized carbons (Fsp3) is 0.0500. The summed E-state index contributed by atoms with van der Waals surface area (Å²) < 4.78 is 26.2. The van der Waals surface area contributed by atoms with Gasteiger partial charge in [-0.3, -0.25) is 4.72 Å². The average molecular weight is 443 g/mol. The van der Waals surface area contributed by atoms with Crippen LogP contribution in [-0.4, -0.2) is 14.7 Å². The molecule has 0 saturated heterocycles. The Bertz CT molecular complexity index is 1260. The first-order chi connectivity index (χ1) is 12.9. The molecular weight excluding hydrogens is 426 g/mol. The summed E-state index contributed by atoms with van der Waals surface area (Å²) in [5, 5.41) is 5.63. The Kier molecular flexibility index (Phi) is 4.49. The zero-order valence-electron chi connectivity index (χ0n) is 14.5. The highest BCUT2D eigenvalue weighted by atomic mass is 79.9. The van der Waals surface area contributed by atoms with E-state index in [-0.39, 0.29) is 0 Å². The quantitative estimate of drug-likeness (QED) is 0.450. The molecule has 136 valence electrons. The molecule has 1 aromatic heterocycles. The van der Waals surface area contributed by atoms with Crippen LogP contribution >= 0.6 is 15.9 Å². The van der Waals surface area contributed by atoms with Gasteiger partial charge in [-0.15, -0.1) is 0 Å². The Morgan fingerprint density at radius 1 is 0.852 bits per heavy atom. The van der Waals surface area contributed by atoms with Gasteiger partial charge in [0.05, 0.1) is 22.7 Å². The smallest absolute Gasteiger partial charge is 0.229 e. The number of halogens is 1. The number of nitrogens with one attached hydrogen (secondary N) is 3. The molecule has 0 aliphatic carbocycles. The molecule has 0 fully saturated rings. The molecule has 7 heteroatoms. The fourth-order valence-corrected chi connectivity index (χ4v) is 3.98. The van der Waals surface area contributed by atoms with Gasteiger partial charge in [-0.25, -0.2) is 13.4 Å². The average Bonchev–Trinajstić information content (AvgIpc) is 2.61. The van der Waals surface area contributed by atoms with Crippen molar-refractivity contribution in [1.29, 1.82) is 0 Å². The molecule has 4 aromatic rings. The molecule has 1 heterocycles. The Morgan fingerprint density at radius 2 is 1.52 bits per heavy atom. The van der Waals surface area contributed by atoms with Crippen molar-refractivity contribution in [3.05, 3.63) is 71.2 Å². The lowest BCUT2D eigenvalue weighted by Crippen LogP contribution is -2.09. The zero-order chi connectivity index (χ0) is 19.0. The third-order valence-electron chi connectivity index (χ3n) is 4.17. The minimum Gasteiger partial charge on any atom is -0.354 e. The highest BCUT2D eigenvalue weighted by Crippen LogP contribution is 2.32. The maximum absolute atomic E-state index is 11.4. The number of rotatable bonds is 4. The molecular formula is C20H17BrN3O2S+. The van der Waals surface area contributed by atoms with Gasteiger partial charge in [0.2, 0.25) is 21.1 Å². The lowest BCUT2D eigenvalue weighted by molar-refractivity contribution is -0.310. The summed E-state index contributed by atoms with van der Waals surface area (Å²) in [6, 6.07) is 21.4. The molecule has 0 radical (unpaired) electrons. The van der Waals surface area contributed by atoms with E-state index in [0.29, 0.717) is 5.69 Å². The van der Waals surface area contributed by atoms with Gasteiger partial charge in [0.25, 0.3) is 0 Å². The van der Waals surface area contributed by atoms with Crippen LogP contribution in [0.3, 0.4) is 0 Å². The van der Waals surface area contributed by atoms with Gasteiger partial charge in [0, 0.05) is 28.0 Å². The van der Waals surface area contributed by atoms with Crippen LogP contribution in [0.25, 0.3) is 21.8 Å². The minimum atomic E-state index is -3.29. The highest BCUT2D eigenvalue weighted by molar-refractivity contribution is 9.10. The molecule has 0 aliphatic heterocycles. The third-order valence-corrected chi connectivity index (χ3v) is 5.27. The van der Waals surface area contributed by atoms with Crippen LogP contribution in [0.2, 0.25) is 0 Å². The second kappa shape index (κ2) is 6.83. The monoisotopic (exact) mass is 442 g/mol. The van der Waals surface area contributed by atoms with E-state index in [2.05, 4.69) is 43.1 Å². The van der Waals surface area contributed by atoms with Gasteiger partial charge in [0.1, 0.15) is 0 Å². The van der Waals surface area contributed by atoms with Gasteiger partial charge >= 0.3 is 0 Å². The number of sulfonamides is 1. The standard InChI is InChI=1S/C20H16BrN3O2S/c1-27(25,26)24-15-9-7-14(8-10-15)22-20-16-4-2-3-5-18(16)23-19-12-13(21)6-11-17(19)20/h2-12,24H,1H3,(H,22,23)/p+1. The van der Waals surface area contributed by atoms with E-state index in [1.54, 1.807) is 12.1 Å². The second-order valence-corrected chi connectivity index (χ2v) is 8.98. The van der Waals surface area contributed by atoms with Gasteiger partial charge < -0.3 is 5.32 Å². The summed E-state index contributed by atoms with van der Waals surface area (Å²) in [5.41, 5.74) is 4.44. The summed E-state index contributed by atoms with van der Waals surface area (Å²) in [6.07, 6.45) is 1.13. The first-order valence-corrected chi connectivity index (χ1v) is 11.0. The van der Waals surface area contributed by atoms with Crippen molar-refractivity contribution >= 4 is 64.8 Å². The van der Waals surface area contributed by atoms with Crippen LogP contribution in [0.1, 0.15) is 0 Å². The molecule has 0 spiro atoms. The van der Waals surface area contributed by atoms with E-state index in [9.17, 15) is 8.42 Å². The van der Waals surface area contributed by atoms with Crippen molar-refractivity contribution in [2.45, 2.75) is 0 Å². The summed E-state index contributed by atoms with van der Waals surface area (Å²) >= 11 is 3.52.